The molecule has 0 amide bonds. The first-order chi connectivity index (χ1) is 8.18. The fraction of sp³-hybridized carbons (Fsp3) is 0.692. The molecule has 2 N–H and O–H groups in total. The first-order valence-corrected chi connectivity index (χ1v) is 6.54. The van der Waals surface area contributed by atoms with E-state index in [4.69, 9.17) is 0 Å². The van der Waals surface area contributed by atoms with Crippen LogP contribution in [0.3, 0.4) is 0 Å². The van der Waals surface area contributed by atoms with Crippen molar-refractivity contribution in [2.45, 2.75) is 52.0 Å². The number of anilines is 2. The topological polar surface area (TPSA) is 49.8 Å². The van der Waals surface area contributed by atoms with E-state index in [1.54, 1.807) is 6.33 Å². The lowest BCUT2D eigenvalue weighted by Crippen LogP contribution is -2.19. The van der Waals surface area contributed by atoms with Crippen LogP contribution in [0.4, 0.5) is 11.6 Å². The molecule has 0 atom stereocenters. The summed E-state index contributed by atoms with van der Waals surface area (Å²) in [6.07, 6.45) is 6.24. The third kappa shape index (κ3) is 2.87. The molecule has 0 unspecified atom stereocenters. The van der Waals surface area contributed by atoms with Gasteiger partial charge in [0.2, 0.25) is 0 Å². The molecule has 2 rings (SSSR count). The van der Waals surface area contributed by atoms with Crippen LogP contribution >= 0.6 is 0 Å². The van der Waals surface area contributed by atoms with Gasteiger partial charge in [-0.25, -0.2) is 9.97 Å². The number of nitrogens with zero attached hydrogens (tertiary/aromatic N) is 2. The van der Waals surface area contributed by atoms with Crippen molar-refractivity contribution in [2.75, 3.05) is 17.2 Å². The van der Waals surface area contributed by atoms with Gasteiger partial charge in [0.05, 0.1) is 0 Å². The van der Waals surface area contributed by atoms with Gasteiger partial charge < -0.3 is 10.6 Å². The molecule has 4 nitrogen and oxygen atoms in total. The summed E-state index contributed by atoms with van der Waals surface area (Å²) in [5, 5.41) is 6.87. The van der Waals surface area contributed by atoms with Gasteiger partial charge in [-0.15, -0.1) is 0 Å². The minimum absolute atomic E-state index is 0.264. The van der Waals surface area contributed by atoms with E-state index in [0.29, 0.717) is 0 Å². The Kier molecular flexibility index (Phi) is 3.50. The number of aromatic nitrogens is 2. The summed E-state index contributed by atoms with van der Waals surface area (Å²) in [6.45, 7) is 7.42. The highest BCUT2D eigenvalue weighted by Crippen LogP contribution is 2.39. The van der Waals surface area contributed by atoms with E-state index in [1.165, 1.54) is 18.4 Å². The van der Waals surface area contributed by atoms with Crippen LogP contribution in [0.1, 0.15) is 45.6 Å². The second-order valence-electron chi connectivity index (χ2n) is 5.02. The lowest BCUT2D eigenvalue weighted by molar-refractivity contribution is 0.806. The summed E-state index contributed by atoms with van der Waals surface area (Å²) in [4.78, 5) is 8.74. The van der Waals surface area contributed by atoms with Crippen LogP contribution < -0.4 is 10.6 Å². The van der Waals surface area contributed by atoms with Gasteiger partial charge >= 0.3 is 0 Å². The van der Waals surface area contributed by atoms with E-state index >= 15 is 0 Å². The van der Waals surface area contributed by atoms with Crippen molar-refractivity contribution in [3.05, 3.63) is 11.9 Å². The maximum Gasteiger partial charge on any atom is 0.135 e. The monoisotopic (exact) mass is 234 g/mol. The Bertz CT molecular complexity index is 385. The van der Waals surface area contributed by atoms with E-state index < -0.39 is 0 Å². The van der Waals surface area contributed by atoms with Crippen molar-refractivity contribution in [3.63, 3.8) is 0 Å². The van der Waals surface area contributed by atoms with Crippen LogP contribution in [0, 0.1) is 0 Å². The standard InChI is InChI=1S/C13H22N4/c1-4-6-10-11(14-5-2)15-9-16-12(10)17-13(3)7-8-13/h9H,4-8H2,1-3H3,(H2,14,15,16,17). The number of nitrogens with one attached hydrogen (secondary N) is 2. The third-order valence-electron chi connectivity index (χ3n) is 3.21. The van der Waals surface area contributed by atoms with Gasteiger partial charge in [-0.3, -0.25) is 0 Å². The van der Waals surface area contributed by atoms with Crippen molar-refractivity contribution < 1.29 is 0 Å². The van der Waals surface area contributed by atoms with Crippen LogP contribution in [-0.4, -0.2) is 22.1 Å². The maximum absolute atomic E-state index is 4.40. The summed E-state index contributed by atoms with van der Waals surface area (Å²) < 4.78 is 0. The van der Waals surface area contributed by atoms with Gasteiger partial charge in [-0.2, -0.15) is 0 Å². The zero-order chi connectivity index (χ0) is 12.3. The molecule has 0 spiro atoms. The second-order valence-corrected chi connectivity index (χ2v) is 5.02. The van der Waals surface area contributed by atoms with Crippen LogP contribution in [0.2, 0.25) is 0 Å². The first-order valence-electron chi connectivity index (χ1n) is 6.54. The largest absolute Gasteiger partial charge is 0.370 e. The van der Waals surface area contributed by atoms with E-state index in [1.807, 2.05) is 0 Å². The Hall–Kier alpha value is -1.32. The molecule has 1 heterocycles. The Morgan fingerprint density at radius 2 is 1.94 bits per heavy atom. The third-order valence-corrected chi connectivity index (χ3v) is 3.21. The lowest BCUT2D eigenvalue weighted by Gasteiger charge is -2.18. The summed E-state index contributed by atoms with van der Waals surface area (Å²) >= 11 is 0. The second kappa shape index (κ2) is 4.90. The number of hydrogen-bond acceptors (Lipinski definition) is 4. The van der Waals surface area contributed by atoms with E-state index in [2.05, 4.69) is 41.4 Å². The quantitative estimate of drug-likeness (QED) is 0.794. The van der Waals surface area contributed by atoms with Gasteiger partial charge in [0.25, 0.3) is 0 Å². The minimum Gasteiger partial charge on any atom is -0.370 e. The number of hydrogen-bond donors (Lipinski definition) is 2. The summed E-state index contributed by atoms with van der Waals surface area (Å²) in [5.41, 5.74) is 1.49. The molecule has 0 aliphatic heterocycles. The van der Waals surface area contributed by atoms with Gasteiger partial charge in [0.1, 0.15) is 18.0 Å². The van der Waals surface area contributed by atoms with Crippen LogP contribution in [0.5, 0.6) is 0 Å². The fourth-order valence-corrected chi connectivity index (χ4v) is 1.92. The van der Waals surface area contributed by atoms with Gasteiger partial charge in [0, 0.05) is 17.6 Å². The zero-order valence-electron chi connectivity index (χ0n) is 11.0. The minimum atomic E-state index is 0.264. The summed E-state index contributed by atoms with van der Waals surface area (Å²) in [5.74, 6) is 1.99. The fourth-order valence-electron chi connectivity index (χ4n) is 1.92. The van der Waals surface area contributed by atoms with Gasteiger partial charge in [-0.1, -0.05) is 13.3 Å². The Morgan fingerprint density at radius 1 is 1.24 bits per heavy atom. The predicted octanol–water partition coefficient (Wildman–Crippen LogP) is 2.83. The normalized spacial score (nSPS) is 16.6. The van der Waals surface area contributed by atoms with Gasteiger partial charge in [-0.05, 0) is 33.1 Å². The summed E-state index contributed by atoms with van der Waals surface area (Å²) in [7, 11) is 0. The van der Waals surface area contributed by atoms with Crippen LogP contribution in [0.25, 0.3) is 0 Å². The van der Waals surface area contributed by atoms with Crippen molar-refractivity contribution in [2.24, 2.45) is 0 Å². The molecule has 1 fully saturated rings. The molecule has 1 aromatic rings. The highest BCUT2D eigenvalue weighted by atomic mass is 15.1. The van der Waals surface area contributed by atoms with Crippen molar-refractivity contribution in [3.8, 4) is 0 Å². The Labute approximate surface area is 103 Å². The molecule has 1 aromatic heterocycles. The molecule has 94 valence electrons. The molecule has 4 heteroatoms. The highest BCUT2D eigenvalue weighted by Gasteiger charge is 2.38. The predicted molar refractivity (Wildman–Crippen MR) is 71.5 cm³/mol. The SMILES string of the molecule is CCCc1c(NCC)ncnc1NC1(C)CC1. The molecule has 1 aliphatic rings. The molecule has 0 saturated heterocycles. The molecule has 17 heavy (non-hydrogen) atoms. The van der Waals surface area contributed by atoms with E-state index in [9.17, 15) is 0 Å². The summed E-state index contributed by atoms with van der Waals surface area (Å²) in [6, 6.07) is 0. The number of rotatable bonds is 6. The average Bonchev–Trinajstić information content (AvgIpc) is 3.01. The molecule has 0 aromatic carbocycles. The van der Waals surface area contributed by atoms with Crippen LogP contribution in [-0.2, 0) is 6.42 Å². The molecule has 0 radical (unpaired) electrons. The molecule has 0 bridgehead atoms. The van der Waals surface area contributed by atoms with Crippen molar-refractivity contribution in [1.82, 2.24) is 9.97 Å². The molecular weight excluding hydrogens is 212 g/mol. The Balaban J connectivity index is 2.25. The molecule has 1 saturated carbocycles. The van der Waals surface area contributed by atoms with Crippen molar-refractivity contribution in [1.29, 1.82) is 0 Å². The first kappa shape index (κ1) is 12.1. The highest BCUT2D eigenvalue weighted by molar-refractivity contribution is 5.59. The molecular formula is C13H22N4. The Morgan fingerprint density at radius 3 is 2.53 bits per heavy atom. The van der Waals surface area contributed by atoms with Gasteiger partial charge in [0.15, 0.2) is 0 Å². The smallest absolute Gasteiger partial charge is 0.135 e. The van der Waals surface area contributed by atoms with E-state index in [-0.39, 0.29) is 5.54 Å². The molecule has 1 aliphatic carbocycles. The zero-order valence-corrected chi connectivity index (χ0v) is 11.0. The maximum atomic E-state index is 4.40. The average molecular weight is 234 g/mol. The van der Waals surface area contributed by atoms with Crippen molar-refractivity contribution >= 4 is 11.6 Å². The van der Waals surface area contributed by atoms with E-state index in [0.717, 1.165) is 31.0 Å². The van der Waals surface area contributed by atoms with Crippen LogP contribution in [0.15, 0.2) is 6.33 Å². The lowest BCUT2D eigenvalue weighted by atomic mass is 10.1.